The number of benzene rings is 1. The van der Waals surface area contributed by atoms with Crippen LogP contribution < -0.4 is 10.9 Å². The molecule has 2 N–H and O–H groups in total. The van der Waals surface area contributed by atoms with E-state index in [9.17, 15) is 9.59 Å². The van der Waals surface area contributed by atoms with Crippen LogP contribution in [0.3, 0.4) is 0 Å². The Balaban J connectivity index is 2.00. The van der Waals surface area contributed by atoms with Crippen LogP contribution in [0.5, 0.6) is 0 Å². The lowest BCUT2D eigenvalue weighted by Crippen LogP contribution is -2.23. The van der Waals surface area contributed by atoms with Crippen molar-refractivity contribution in [1.82, 2.24) is 9.78 Å². The molecule has 0 fully saturated rings. The van der Waals surface area contributed by atoms with Crippen LogP contribution in [0.4, 0.5) is 5.82 Å². The molecule has 4 rings (SSSR count). The van der Waals surface area contributed by atoms with E-state index in [2.05, 4.69) is 26.3 Å². The number of nitrogens with zero attached hydrogens (tertiary/aromatic N) is 1. The van der Waals surface area contributed by atoms with Gasteiger partial charge in [-0.15, -0.1) is 0 Å². The number of aromatic amines is 1. The molecule has 1 aliphatic heterocycles. The summed E-state index contributed by atoms with van der Waals surface area (Å²) >= 11 is 3.56. The molecule has 0 bridgehead atoms. The number of fused-ring (bicyclic) bond motifs is 1. The van der Waals surface area contributed by atoms with Gasteiger partial charge in [-0.25, -0.2) is 0 Å². The van der Waals surface area contributed by atoms with Gasteiger partial charge in [0.05, 0.1) is 5.56 Å². The third kappa shape index (κ3) is 2.05. The topological polar surface area (TPSA) is 66.9 Å². The first-order chi connectivity index (χ1) is 11.0. The number of hydrogen-bond acceptors (Lipinski definition) is 3. The fraction of sp³-hybridized carbons (Fsp3) is 0.294. The molecule has 0 saturated carbocycles. The molecule has 1 aromatic carbocycles. The molecule has 0 radical (unpaired) electrons. The van der Waals surface area contributed by atoms with Crippen molar-refractivity contribution in [2.45, 2.75) is 25.7 Å². The summed E-state index contributed by atoms with van der Waals surface area (Å²) in [6.45, 7) is 2.02. The number of H-pyrrole nitrogens is 1. The lowest BCUT2D eigenvalue weighted by atomic mass is 9.82. The number of rotatable bonds is 1. The highest BCUT2D eigenvalue weighted by Crippen LogP contribution is 2.45. The number of hydrogen-bond donors (Lipinski definition) is 2. The van der Waals surface area contributed by atoms with Crippen molar-refractivity contribution in [3.05, 3.63) is 61.0 Å². The van der Waals surface area contributed by atoms with Gasteiger partial charge in [-0.2, -0.15) is 0 Å². The minimum absolute atomic E-state index is 0.128. The van der Waals surface area contributed by atoms with Crippen molar-refractivity contribution in [3.8, 4) is 0 Å². The normalized spacial score (nSPS) is 19.6. The summed E-state index contributed by atoms with van der Waals surface area (Å²) in [5.41, 5.74) is 4.24. The zero-order chi connectivity index (χ0) is 16.3. The molecule has 23 heavy (non-hydrogen) atoms. The van der Waals surface area contributed by atoms with Crippen LogP contribution in [0.2, 0.25) is 0 Å². The second kappa shape index (κ2) is 4.96. The zero-order valence-electron chi connectivity index (χ0n) is 12.9. The van der Waals surface area contributed by atoms with Crippen LogP contribution in [0.15, 0.2) is 38.7 Å². The lowest BCUT2D eigenvalue weighted by molar-refractivity contribution is -0.115. The van der Waals surface area contributed by atoms with Crippen molar-refractivity contribution in [3.63, 3.8) is 0 Å². The molecule has 1 aliphatic carbocycles. The number of nitrogens with one attached hydrogen (secondary N) is 2. The standard InChI is InChI=1S/C17H16BrN3O2/c1-8-3-4-9(7-10(8)18)13-14-11(5-6-12(14)22)19-16-15(13)17(23)20-21(16)2/h3-4,7,13,19H,5-6H2,1-2H3,(H,20,23). The van der Waals surface area contributed by atoms with Gasteiger partial charge in [0, 0.05) is 35.1 Å². The average Bonchev–Trinajstić information content (AvgIpc) is 3.02. The number of halogens is 1. The summed E-state index contributed by atoms with van der Waals surface area (Å²) in [6, 6.07) is 6.03. The van der Waals surface area contributed by atoms with Crippen LogP contribution >= 0.6 is 15.9 Å². The van der Waals surface area contributed by atoms with E-state index in [1.807, 2.05) is 25.1 Å². The largest absolute Gasteiger partial charge is 0.343 e. The highest BCUT2D eigenvalue weighted by Gasteiger charge is 2.39. The zero-order valence-corrected chi connectivity index (χ0v) is 14.5. The Labute approximate surface area is 141 Å². The van der Waals surface area contributed by atoms with E-state index in [0.717, 1.165) is 32.7 Å². The van der Waals surface area contributed by atoms with Crippen LogP contribution in [0.1, 0.15) is 35.4 Å². The van der Waals surface area contributed by atoms with Crippen molar-refractivity contribution >= 4 is 27.5 Å². The predicted molar refractivity (Wildman–Crippen MR) is 91.6 cm³/mol. The molecule has 0 spiro atoms. The molecule has 0 amide bonds. The van der Waals surface area contributed by atoms with Crippen LogP contribution in [-0.4, -0.2) is 15.6 Å². The lowest BCUT2D eigenvalue weighted by Gasteiger charge is -2.26. The Morgan fingerprint density at radius 1 is 1.26 bits per heavy atom. The van der Waals surface area contributed by atoms with Gasteiger partial charge in [-0.1, -0.05) is 28.1 Å². The number of aromatic nitrogens is 2. The molecule has 1 unspecified atom stereocenters. The summed E-state index contributed by atoms with van der Waals surface area (Å²) < 4.78 is 2.68. The molecular weight excluding hydrogens is 358 g/mol. The van der Waals surface area contributed by atoms with Crippen molar-refractivity contribution < 1.29 is 4.79 Å². The van der Waals surface area contributed by atoms with Crippen molar-refractivity contribution in [2.75, 3.05) is 5.32 Å². The van der Waals surface area contributed by atoms with E-state index in [1.165, 1.54) is 0 Å². The second-order valence-electron chi connectivity index (χ2n) is 6.14. The summed E-state index contributed by atoms with van der Waals surface area (Å²) in [7, 11) is 1.80. The van der Waals surface area contributed by atoms with Gasteiger partial charge >= 0.3 is 0 Å². The predicted octanol–water partition coefficient (Wildman–Crippen LogP) is 2.96. The minimum Gasteiger partial charge on any atom is -0.343 e. The SMILES string of the molecule is Cc1ccc(C2C3=C(CCC3=O)Nc3c2c(=O)[nH]n3C)cc1Br. The van der Waals surface area contributed by atoms with E-state index < -0.39 is 0 Å². The molecular formula is C17H16BrN3O2. The minimum atomic E-state index is -0.307. The number of carbonyl (C=O) groups is 1. The third-order valence-electron chi connectivity index (χ3n) is 4.71. The molecule has 2 aromatic rings. The van der Waals surface area contributed by atoms with Gasteiger partial charge in [-0.05, 0) is 30.5 Å². The Hall–Kier alpha value is -2.08. The Morgan fingerprint density at radius 2 is 2.04 bits per heavy atom. The van der Waals surface area contributed by atoms with Gasteiger partial charge in [-0.3, -0.25) is 19.4 Å². The number of carbonyl (C=O) groups excluding carboxylic acids is 1. The number of allylic oxidation sites excluding steroid dienone is 2. The smallest absolute Gasteiger partial charge is 0.270 e. The maximum absolute atomic E-state index is 12.5. The monoisotopic (exact) mass is 373 g/mol. The highest BCUT2D eigenvalue weighted by molar-refractivity contribution is 9.10. The van der Waals surface area contributed by atoms with Gasteiger partial charge in [0.15, 0.2) is 5.78 Å². The third-order valence-corrected chi connectivity index (χ3v) is 5.56. The van der Waals surface area contributed by atoms with E-state index in [0.29, 0.717) is 18.4 Å². The summed E-state index contributed by atoms with van der Waals surface area (Å²) in [6.07, 6.45) is 1.21. The van der Waals surface area contributed by atoms with E-state index in [4.69, 9.17) is 0 Å². The van der Waals surface area contributed by atoms with E-state index in [-0.39, 0.29) is 17.3 Å². The van der Waals surface area contributed by atoms with Crippen molar-refractivity contribution in [1.29, 1.82) is 0 Å². The molecule has 5 nitrogen and oxygen atoms in total. The van der Waals surface area contributed by atoms with Gasteiger partial charge in [0.2, 0.25) is 0 Å². The fourth-order valence-corrected chi connectivity index (χ4v) is 3.92. The summed E-state index contributed by atoms with van der Waals surface area (Å²) in [5.74, 6) is 0.575. The van der Waals surface area contributed by atoms with Crippen LogP contribution in [0, 0.1) is 6.92 Å². The highest BCUT2D eigenvalue weighted by atomic mass is 79.9. The molecule has 6 heteroatoms. The molecule has 2 heterocycles. The molecule has 0 saturated heterocycles. The van der Waals surface area contributed by atoms with Crippen molar-refractivity contribution in [2.24, 2.45) is 7.05 Å². The maximum atomic E-state index is 12.5. The van der Waals surface area contributed by atoms with Crippen LogP contribution in [0.25, 0.3) is 0 Å². The Kier molecular flexibility index (Phi) is 3.13. The first-order valence-electron chi connectivity index (χ1n) is 7.55. The van der Waals surface area contributed by atoms with Crippen LogP contribution in [-0.2, 0) is 11.8 Å². The van der Waals surface area contributed by atoms with E-state index in [1.54, 1.807) is 11.7 Å². The van der Waals surface area contributed by atoms with E-state index >= 15 is 0 Å². The van der Waals surface area contributed by atoms with Gasteiger partial charge < -0.3 is 5.32 Å². The quantitative estimate of drug-likeness (QED) is 0.807. The number of Topliss-reactive ketones (excluding diaryl/α,β-unsaturated/α-hetero) is 1. The molecule has 2 aliphatic rings. The maximum Gasteiger partial charge on any atom is 0.270 e. The summed E-state index contributed by atoms with van der Waals surface area (Å²) in [5, 5.41) is 6.08. The number of ketones is 1. The second-order valence-corrected chi connectivity index (χ2v) is 7.00. The number of anilines is 1. The Bertz CT molecular complexity index is 936. The average molecular weight is 374 g/mol. The first kappa shape index (κ1) is 14.5. The fourth-order valence-electron chi connectivity index (χ4n) is 3.53. The molecule has 118 valence electrons. The van der Waals surface area contributed by atoms with Gasteiger partial charge in [0.1, 0.15) is 5.82 Å². The van der Waals surface area contributed by atoms with Gasteiger partial charge in [0.25, 0.3) is 5.56 Å². The first-order valence-corrected chi connectivity index (χ1v) is 8.35. The summed E-state index contributed by atoms with van der Waals surface area (Å²) in [4.78, 5) is 24.9. The molecule has 1 aromatic heterocycles. The number of aryl methyl sites for hydroxylation is 2. The Morgan fingerprint density at radius 3 is 2.78 bits per heavy atom. The molecule has 1 atom stereocenters.